The van der Waals surface area contributed by atoms with E-state index in [1.54, 1.807) is 7.05 Å². The van der Waals surface area contributed by atoms with Gasteiger partial charge in [0.05, 0.1) is 6.54 Å². The van der Waals surface area contributed by atoms with Crippen molar-refractivity contribution < 1.29 is 9.53 Å². The smallest absolute Gasteiger partial charge is 0.221 e. The minimum Gasteiger partial charge on any atom is -0.489 e. The Kier molecular flexibility index (Phi) is 8.25. The molecule has 6 heteroatoms. The fraction of sp³-hybridized carbons (Fsp3) is 0.600. The van der Waals surface area contributed by atoms with Crippen molar-refractivity contribution in [3.05, 3.63) is 29.8 Å². The first-order valence-corrected chi connectivity index (χ1v) is 9.54. The number of nitrogens with one attached hydrogen (secondary N) is 3. The molecule has 6 nitrogen and oxygen atoms in total. The maximum atomic E-state index is 11.9. The first-order chi connectivity index (χ1) is 12.6. The number of aryl methyl sites for hydroxylation is 1. The highest BCUT2D eigenvalue weighted by Gasteiger charge is 2.16. The number of ether oxygens (including phenoxy) is 1. The number of hydrogen-bond acceptors (Lipinski definition) is 3. The van der Waals surface area contributed by atoms with Gasteiger partial charge in [-0.15, -0.1) is 0 Å². The normalized spacial score (nSPS) is 16.2. The second-order valence-electron chi connectivity index (χ2n) is 6.87. The summed E-state index contributed by atoms with van der Waals surface area (Å²) in [6, 6.07) is 8.35. The van der Waals surface area contributed by atoms with Gasteiger partial charge in [0, 0.05) is 26.1 Å². The average Bonchev–Trinajstić information content (AvgIpc) is 3.12. The van der Waals surface area contributed by atoms with Gasteiger partial charge in [0.15, 0.2) is 5.96 Å². The van der Waals surface area contributed by atoms with E-state index < -0.39 is 0 Å². The number of carbonyl (C=O) groups is 1. The highest BCUT2D eigenvalue weighted by atomic mass is 16.5. The summed E-state index contributed by atoms with van der Waals surface area (Å²) in [5.74, 6) is 1.68. The molecule has 1 aromatic carbocycles. The number of para-hydroxylation sites is 1. The molecule has 2 rings (SSSR count). The Morgan fingerprint density at radius 3 is 2.69 bits per heavy atom. The molecule has 1 aromatic rings. The molecule has 0 spiro atoms. The number of amides is 1. The fourth-order valence-electron chi connectivity index (χ4n) is 3.07. The standard InChI is InChI=1S/C20H32N4O2/c1-15-8-4-7-11-18(15)26-16(2)14-23-20(21-3)22-13-12-19(25)24-17-9-5-6-10-17/h4,7-8,11,16-17H,5-6,9-10,12-14H2,1-3H3,(H,24,25)(H2,21,22,23). The van der Waals surface area contributed by atoms with E-state index in [9.17, 15) is 4.79 Å². The SMILES string of the molecule is CN=C(NCCC(=O)NC1CCCC1)NCC(C)Oc1ccccc1C. The van der Waals surface area contributed by atoms with Gasteiger partial charge >= 0.3 is 0 Å². The number of hydrogen-bond donors (Lipinski definition) is 3. The molecule has 0 aliphatic heterocycles. The van der Waals surface area contributed by atoms with Crippen LogP contribution in [0.4, 0.5) is 0 Å². The lowest BCUT2D eigenvalue weighted by Gasteiger charge is -2.19. The zero-order chi connectivity index (χ0) is 18.8. The molecule has 0 saturated heterocycles. The van der Waals surface area contributed by atoms with Crippen molar-refractivity contribution in [2.75, 3.05) is 20.1 Å². The lowest BCUT2D eigenvalue weighted by Crippen LogP contribution is -2.43. The van der Waals surface area contributed by atoms with E-state index >= 15 is 0 Å². The predicted octanol–water partition coefficient (Wildman–Crippen LogP) is 2.38. The molecular weight excluding hydrogens is 328 g/mol. The largest absolute Gasteiger partial charge is 0.489 e. The number of aliphatic imine (C=N–C) groups is 1. The van der Waals surface area contributed by atoms with Gasteiger partial charge in [-0.1, -0.05) is 31.0 Å². The Balaban J connectivity index is 1.64. The summed E-state index contributed by atoms with van der Waals surface area (Å²) >= 11 is 0. The summed E-state index contributed by atoms with van der Waals surface area (Å²) in [6.07, 6.45) is 5.13. The number of carbonyl (C=O) groups excluding carboxylic acids is 1. The Bertz CT molecular complexity index is 597. The van der Waals surface area contributed by atoms with Gasteiger partial charge in [0.25, 0.3) is 0 Å². The monoisotopic (exact) mass is 360 g/mol. The van der Waals surface area contributed by atoms with Crippen LogP contribution < -0.4 is 20.7 Å². The van der Waals surface area contributed by atoms with E-state index in [2.05, 4.69) is 20.9 Å². The molecule has 1 saturated carbocycles. The molecule has 1 aliphatic carbocycles. The van der Waals surface area contributed by atoms with E-state index in [-0.39, 0.29) is 12.0 Å². The fourth-order valence-corrected chi connectivity index (χ4v) is 3.07. The molecule has 0 aromatic heterocycles. The van der Waals surface area contributed by atoms with Gasteiger partial charge in [0.2, 0.25) is 5.91 Å². The zero-order valence-electron chi connectivity index (χ0n) is 16.2. The quantitative estimate of drug-likeness (QED) is 0.491. The molecule has 0 radical (unpaired) electrons. The minimum absolute atomic E-state index is 0.000292. The van der Waals surface area contributed by atoms with E-state index in [4.69, 9.17) is 4.74 Å². The van der Waals surface area contributed by atoms with Gasteiger partial charge in [-0.2, -0.15) is 0 Å². The lowest BCUT2D eigenvalue weighted by molar-refractivity contribution is -0.121. The first-order valence-electron chi connectivity index (χ1n) is 9.54. The average molecular weight is 361 g/mol. The van der Waals surface area contributed by atoms with Crippen molar-refractivity contribution in [2.24, 2.45) is 4.99 Å². The molecule has 1 amide bonds. The van der Waals surface area contributed by atoms with Gasteiger partial charge < -0.3 is 20.7 Å². The zero-order valence-corrected chi connectivity index (χ0v) is 16.2. The minimum atomic E-state index is 0.000292. The first kappa shape index (κ1) is 20.1. The maximum absolute atomic E-state index is 11.9. The van der Waals surface area contributed by atoms with Crippen molar-refractivity contribution in [2.45, 2.75) is 58.1 Å². The molecule has 1 aliphatic rings. The maximum Gasteiger partial charge on any atom is 0.221 e. The van der Waals surface area contributed by atoms with Crippen LogP contribution in [0.5, 0.6) is 5.75 Å². The molecular formula is C20H32N4O2. The van der Waals surface area contributed by atoms with E-state index in [0.29, 0.717) is 31.5 Å². The molecule has 1 atom stereocenters. The molecule has 1 unspecified atom stereocenters. The van der Waals surface area contributed by atoms with Crippen molar-refractivity contribution >= 4 is 11.9 Å². The van der Waals surface area contributed by atoms with Crippen LogP contribution in [-0.4, -0.2) is 44.1 Å². The molecule has 144 valence electrons. The third kappa shape index (κ3) is 6.94. The Hall–Kier alpha value is -2.24. The number of nitrogens with zero attached hydrogens (tertiary/aromatic N) is 1. The molecule has 26 heavy (non-hydrogen) atoms. The van der Waals surface area contributed by atoms with Crippen LogP contribution in [-0.2, 0) is 4.79 Å². The van der Waals surface area contributed by atoms with Crippen LogP contribution in [0.1, 0.15) is 44.6 Å². The number of guanidine groups is 1. The molecule has 0 heterocycles. The van der Waals surface area contributed by atoms with Crippen LogP contribution in [0.3, 0.4) is 0 Å². The topological polar surface area (TPSA) is 74.8 Å². The van der Waals surface area contributed by atoms with Crippen LogP contribution in [0.15, 0.2) is 29.3 Å². The number of rotatable bonds is 8. The van der Waals surface area contributed by atoms with Crippen LogP contribution in [0.2, 0.25) is 0 Å². The van der Waals surface area contributed by atoms with E-state index in [1.807, 2.05) is 38.1 Å². The summed E-state index contributed by atoms with van der Waals surface area (Å²) in [7, 11) is 1.72. The Labute approximate surface area is 156 Å². The third-order valence-electron chi connectivity index (χ3n) is 4.57. The predicted molar refractivity (Wildman–Crippen MR) is 106 cm³/mol. The molecule has 3 N–H and O–H groups in total. The Morgan fingerprint density at radius 1 is 1.27 bits per heavy atom. The summed E-state index contributed by atoms with van der Waals surface area (Å²) in [6.45, 7) is 5.24. The Morgan fingerprint density at radius 2 is 2.00 bits per heavy atom. The van der Waals surface area contributed by atoms with Crippen LogP contribution >= 0.6 is 0 Å². The molecule has 0 bridgehead atoms. The molecule has 1 fully saturated rings. The van der Waals surface area contributed by atoms with Gasteiger partial charge in [-0.3, -0.25) is 9.79 Å². The lowest BCUT2D eigenvalue weighted by atomic mass is 10.2. The third-order valence-corrected chi connectivity index (χ3v) is 4.57. The second-order valence-corrected chi connectivity index (χ2v) is 6.87. The van der Waals surface area contributed by atoms with Crippen molar-refractivity contribution in [3.8, 4) is 5.75 Å². The van der Waals surface area contributed by atoms with E-state index in [0.717, 1.165) is 24.2 Å². The van der Waals surface area contributed by atoms with Crippen LogP contribution in [0, 0.1) is 6.92 Å². The summed E-state index contributed by atoms with van der Waals surface area (Å²) in [5, 5.41) is 9.51. The van der Waals surface area contributed by atoms with Gasteiger partial charge in [-0.25, -0.2) is 0 Å². The summed E-state index contributed by atoms with van der Waals surface area (Å²) in [5.41, 5.74) is 1.12. The number of benzene rings is 1. The van der Waals surface area contributed by atoms with Gasteiger partial charge in [0.1, 0.15) is 11.9 Å². The summed E-state index contributed by atoms with van der Waals surface area (Å²) < 4.78 is 5.95. The highest BCUT2D eigenvalue weighted by molar-refractivity contribution is 5.81. The van der Waals surface area contributed by atoms with Crippen molar-refractivity contribution in [3.63, 3.8) is 0 Å². The van der Waals surface area contributed by atoms with Gasteiger partial charge in [-0.05, 0) is 38.3 Å². The highest BCUT2D eigenvalue weighted by Crippen LogP contribution is 2.18. The summed E-state index contributed by atoms with van der Waals surface area (Å²) in [4.78, 5) is 16.1. The van der Waals surface area contributed by atoms with Crippen molar-refractivity contribution in [1.82, 2.24) is 16.0 Å². The van der Waals surface area contributed by atoms with Crippen LogP contribution in [0.25, 0.3) is 0 Å². The van der Waals surface area contributed by atoms with Crippen molar-refractivity contribution in [1.29, 1.82) is 0 Å². The second kappa shape index (κ2) is 10.7. The van der Waals surface area contributed by atoms with E-state index in [1.165, 1.54) is 12.8 Å².